The van der Waals surface area contributed by atoms with E-state index in [1.165, 1.54) is 0 Å². The molecule has 0 heterocycles. The smallest absolute Gasteiger partial charge is 0.471 e. The summed E-state index contributed by atoms with van der Waals surface area (Å²) in [6, 6.07) is -0.792. The minimum absolute atomic E-state index is 0.00692. The molecule has 1 amide bonds. The van der Waals surface area contributed by atoms with E-state index in [-0.39, 0.29) is 12.2 Å². The number of aliphatic hydroxyl groups excluding tert-OH is 1. The molecule has 3 nitrogen and oxygen atoms in total. The number of hydrogen-bond acceptors (Lipinski definition) is 2. The zero-order valence-corrected chi connectivity index (χ0v) is 8.01. The first-order valence-electron chi connectivity index (χ1n) is 4.58. The summed E-state index contributed by atoms with van der Waals surface area (Å²) in [6.07, 6.45) is -0.0879. The molecule has 0 bridgehead atoms. The molecule has 0 spiro atoms. The molecule has 6 heteroatoms. The standard InChI is InChI=1S/C10H8F3NO2/c11-10(12,13)9(16)14-7-4-8(15)6-3-1-2-5(6)7/h1-3,7,15H,4H2,(H,14,16). The monoisotopic (exact) mass is 231 g/mol. The van der Waals surface area contributed by atoms with Gasteiger partial charge in [0.1, 0.15) is 5.76 Å². The maximum atomic E-state index is 12.0. The van der Waals surface area contributed by atoms with Crippen molar-refractivity contribution in [3.63, 3.8) is 0 Å². The number of fused-ring (bicyclic) bond motifs is 1. The van der Waals surface area contributed by atoms with Crippen LogP contribution in [-0.4, -0.2) is 23.2 Å². The van der Waals surface area contributed by atoms with Crippen LogP contribution < -0.4 is 5.32 Å². The van der Waals surface area contributed by atoms with Gasteiger partial charge in [-0.25, -0.2) is 0 Å². The second-order valence-corrected chi connectivity index (χ2v) is 3.57. The van der Waals surface area contributed by atoms with Crippen molar-refractivity contribution in [1.82, 2.24) is 5.32 Å². The first-order chi connectivity index (χ1) is 7.39. The number of aliphatic hydroxyl groups is 1. The van der Waals surface area contributed by atoms with Crippen LogP contribution in [0.1, 0.15) is 6.42 Å². The molecule has 0 radical (unpaired) electrons. The van der Waals surface area contributed by atoms with Crippen LogP contribution >= 0.6 is 0 Å². The first kappa shape index (κ1) is 10.8. The molecule has 0 aromatic carbocycles. The van der Waals surface area contributed by atoms with Gasteiger partial charge in [0.2, 0.25) is 0 Å². The summed E-state index contributed by atoms with van der Waals surface area (Å²) < 4.78 is 36.1. The lowest BCUT2D eigenvalue weighted by Crippen LogP contribution is -2.43. The van der Waals surface area contributed by atoms with Gasteiger partial charge in [-0.05, 0) is 5.57 Å². The number of halogens is 3. The lowest BCUT2D eigenvalue weighted by molar-refractivity contribution is -0.174. The maximum Gasteiger partial charge on any atom is 0.471 e. The molecule has 0 fully saturated rings. The van der Waals surface area contributed by atoms with E-state index in [0.717, 1.165) is 0 Å². The Morgan fingerprint density at radius 2 is 2.19 bits per heavy atom. The number of alkyl halides is 3. The van der Waals surface area contributed by atoms with E-state index in [0.29, 0.717) is 11.1 Å². The third kappa shape index (κ3) is 1.70. The average molecular weight is 231 g/mol. The highest BCUT2D eigenvalue weighted by molar-refractivity contribution is 5.83. The Bertz CT molecular complexity index is 432. The fourth-order valence-corrected chi connectivity index (χ4v) is 1.78. The molecular weight excluding hydrogens is 223 g/mol. The summed E-state index contributed by atoms with van der Waals surface area (Å²) >= 11 is 0. The van der Waals surface area contributed by atoms with Crippen LogP contribution in [0.2, 0.25) is 0 Å². The summed E-state index contributed by atoms with van der Waals surface area (Å²) in [4.78, 5) is 10.7. The van der Waals surface area contributed by atoms with Crippen LogP contribution in [-0.2, 0) is 4.79 Å². The van der Waals surface area contributed by atoms with E-state index >= 15 is 0 Å². The van der Waals surface area contributed by atoms with Crippen molar-refractivity contribution in [2.75, 3.05) is 0 Å². The molecule has 0 aromatic heterocycles. The van der Waals surface area contributed by atoms with Crippen molar-refractivity contribution in [1.29, 1.82) is 0 Å². The summed E-state index contributed by atoms with van der Waals surface area (Å²) in [5, 5.41) is 11.3. The van der Waals surface area contributed by atoms with Gasteiger partial charge in [-0.2, -0.15) is 13.2 Å². The van der Waals surface area contributed by atoms with Crippen molar-refractivity contribution in [3.8, 4) is 0 Å². The van der Waals surface area contributed by atoms with Crippen molar-refractivity contribution in [3.05, 3.63) is 35.1 Å². The highest BCUT2D eigenvalue weighted by atomic mass is 19.4. The van der Waals surface area contributed by atoms with Crippen LogP contribution in [0.3, 0.4) is 0 Å². The molecule has 2 rings (SSSR count). The van der Waals surface area contributed by atoms with Crippen molar-refractivity contribution >= 4 is 5.91 Å². The zero-order valence-electron chi connectivity index (χ0n) is 8.01. The SMILES string of the molecule is O=C(NC1CC(O)=C2C=CC=C21)C(F)(F)F. The van der Waals surface area contributed by atoms with Gasteiger partial charge in [0.25, 0.3) is 0 Å². The van der Waals surface area contributed by atoms with Crippen LogP contribution in [0.4, 0.5) is 13.2 Å². The summed E-state index contributed by atoms with van der Waals surface area (Å²) in [5.74, 6) is -1.98. The topological polar surface area (TPSA) is 49.3 Å². The van der Waals surface area contributed by atoms with E-state index < -0.39 is 18.1 Å². The van der Waals surface area contributed by atoms with E-state index in [1.54, 1.807) is 18.2 Å². The number of allylic oxidation sites excluding steroid dienone is 3. The van der Waals surface area contributed by atoms with Crippen LogP contribution in [0.5, 0.6) is 0 Å². The molecule has 86 valence electrons. The molecule has 2 N–H and O–H groups in total. The number of amides is 1. The van der Waals surface area contributed by atoms with Gasteiger partial charge >= 0.3 is 12.1 Å². The van der Waals surface area contributed by atoms with Crippen molar-refractivity contribution in [2.45, 2.75) is 18.6 Å². The largest absolute Gasteiger partial charge is 0.512 e. The molecule has 0 aliphatic heterocycles. The van der Waals surface area contributed by atoms with E-state index in [1.807, 2.05) is 5.32 Å². The summed E-state index contributed by atoms with van der Waals surface area (Å²) in [5.41, 5.74) is 1.03. The Kier molecular flexibility index (Phi) is 2.29. The number of hydrogen-bond donors (Lipinski definition) is 2. The van der Waals surface area contributed by atoms with Crippen molar-refractivity contribution < 1.29 is 23.1 Å². The molecule has 1 atom stereocenters. The predicted octanol–water partition coefficient (Wildman–Crippen LogP) is 1.75. The third-order valence-electron chi connectivity index (χ3n) is 2.50. The summed E-state index contributed by atoms with van der Waals surface area (Å²) in [7, 11) is 0. The molecule has 0 saturated carbocycles. The molecule has 2 aliphatic carbocycles. The molecule has 2 aliphatic rings. The van der Waals surface area contributed by atoms with E-state index in [9.17, 15) is 23.1 Å². The lowest BCUT2D eigenvalue weighted by Gasteiger charge is -2.15. The van der Waals surface area contributed by atoms with Gasteiger partial charge in [-0.1, -0.05) is 18.2 Å². The highest BCUT2D eigenvalue weighted by Crippen LogP contribution is 2.34. The number of carbonyl (C=O) groups excluding carboxylic acids is 1. The Hall–Kier alpha value is -1.72. The molecule has 16 heavy (non-hydrogen) atoms. The number of nitrogens with one attached hydrogen (secondary N) is 1. The second kappa shape index (κ2) is 3.40. The van der Waals surface area contributed by atoms with Gasteiger partial charge in [-0.3, -0.25) is 4.79 Å². The Labute approximate surface area is 88.9 Å². The number of carbonyl (C=O) groups is 1. The first-order valence-corrected chi connectivity index (χ1v) is 4.58. The Balaban J connectivity index is 2.09. The molecule has 0 aromatic rings. The minimum atomic E-state index is -4.90. The van der Waals surface area contributed by atoms with Crippen LogP contribution in [0.25, 0.3) is 0 Å². The van der Waals surface area contributed by atoms with Gasteiger partial charge in [0, 0.05) is 12.0 Å². The minimum Gasteiger partial charge on any atom is -0.512 e. The Morgan fingerprint density at radius 3 is 2.81 bits per heavy atom. The number of rotatable bonds is 1. The van der Waals surface area contributed by atoms with Crippen LogP contribution in [0, 0.1) is 0 Å². The van der Waals surface area contributed by atoms with E-state index in [2.05, 4.69) is 0 Å². The van der Waals surface area contributed by atoms with Gasteiger partial charge in [0.05, 0.1) is 6.04 Å². The molecule has 1 unspecified atom stereocenters. The van der Waals surface area contributed by atoms with Gasteiger partial charge < -0.3 is 10.4 Å². The lowest BCUT2D eigenvalue weighted by atomic mass is 10.1. The highest BCUT2D eigenvalue weighted by Gasteiger charge is 2.42. The quantitative estimate of drug-likeness (QED) is 0.722. The fourth-order valence-electron chi connectivity index (χ4n) is 1.78. The predicted molar refractivity (Wildman–Crippen MR) is 49.5 cm³/mol. The fraction of sp³-hybridized carbons (Fsp3) is 0.300. The van der Waals surface area contributed by atoms with Gasteiger partial charge in [-0.15, -0.1) is 0 Å². The maximum absolute atomic E-state index is 12.0. The Morgan fingerprint density at radius 1 is 1.50 bits per heavy atom. The second-order valence-electron chi connectivity index (χ2n) is 3.57. The zero-order chi connectivity index (χ0) is 11.9. The summed E-state index contributed by atoms with van der Waals surface area (Å²) in [6.45, 7) is 0. The molecular formula is C10H8F3NO2. The van der Waals surface area contributed by atoms with E-state index in [4.69, 9.17) is 0 Å². The van der Waals surface area contributed by atoms with Gasteiger partial charge in [0.15, 0.2) is 0 Å². The molecule has 0 saturated heterocycles. The normalized spacial score (nSPS) is 23.4. The average Bonchev–Trinajstić information content (AvgIpc) is 2.70. The van der Waals surface area contributed by atoms with Crippen molar-refractivity contribution in [2.24, 2.45) is 0 Å². The third-order valence-corrected chi connectivity index (χ3v) is 2.50. The van der Waals surface area contributed by atoms with Crippen LogP contribution in [0.15, 0.2) is 35.1 Å².